The van der Waals surface area contributed by atoms with Gasteiger partial charge < -0.3 is 0 Å². The molecule has 128 valence electrons. The van der Waals surface area contributed by atoms with Crippen LogP contribution in [0, 0.1) is 19.7 Å². The van der Waals surface area contributed by atoms with Gasteiger partial charge in [0.1, 0.15) is 17.2 Å². The predicted molar refractivity (Wildman–Crippen MR) is 101 cm³/mol. The Balaban J connectivity index is 1.86. The van der Waals surface area contributed by atoms with Crippen molar-refractivity contribution in [2.75, 3.05) is 0 Å². The van der Waals surface area contributed by atoms with E-state index >= 15 is 0 Å². The first kappa shape index (κ1) is 16.1. The largest absolute Gasteiger partial charge is 0.283 e. The zero-order valence-corrected chi connectivity index (χ0v) is 14.5. The fourth-order valence-electron chi connectivity index (χ4n) is 2.75. The summed E-state index contributed by atoms with van der Waals surface area (Å²) in [7, 11) is 0. The first-order valence-corrected chi connectivity index (χ1v) is 8.33. The molecule has 4 nitrogen and oxygen atoms in total. The summed E-state index contributed by atoms with van der Waals surface area (Å²) in [5.74, 6) is 0.350. The van der Waals surface area contributed by atoms with Crippen molar-refractivity contribution in [3.8, 4) is 11.3 Å². The number of fused-ring (bicyclic) bond motifs is 1. The van der Waals surface area contributed by atoms with Crippen molar-refractivity contribution in [3.05, 3.63) is 83.8 Å². The number of hydrogen-bond donors (Lipinski definition) is 0. The van der Waals surface area contributed by atoms with Crippen LogP contribution in [0.25, 0.3) is 16.9 Å². The maximum Gasteiger partial charge on any atom is 0.187 e. The third-order valence-corrected chi connectivity index (χ3v) is 4.17. The maximum absolute atomic E-state index is 13.1. The SMILES string of the molecule is Cc1ccc(-c2nc3cc(C)ccn3c2N=Nc2ccc(F)cc2)cc1. The predicted octanol–water partition coefficient (Wildman–Crippen LogP) is 6.17. The molecule has 0 unspecified atom stereocenters. The van der Waals surface area contributed by atoms with Crippen LogP contribution in [0.4, 0.5) is 15.9 Å². The monoisotopic (exact) mass is 344 g/mol. The lowest BCUT2D eigenvalue weighted by Crippen LogP contribution is -1.84. The number of aryl methyl sites for hydroxylation is 2. The Morgan fingerprint density at radius 2 is 1.58 bits per heavy atom. The molecule has 0 fully saturated rings. The van der Waals surface area contributed by atoms with E-state index in [4.69, 9.17) is 4.98 Å². The van der Waals surface area contributed by atoms with E-state index in [1.54, 1.807) is 12.1 Å². The van der Waals surface area contributed by atoms with Crippen LogP contribution in [0.15, 0.2) is 77.1 Å². The number of aromatic nitrogens is 2. The molecule has 0 aliphatic heterocycles. The van der Waals surface area contributed by atoms with Gasteiger partial charge in [-0.2, -0.15) is 0 Å². The molecule has 0 aliphatic rings. The van der Waals surface area contributed by atoms with Crippen LogP contribution < -0.4 is 0 Å². The first-order valence-electron chi connectivity index (χ1n) is 8.33. The molecule has 0 atom stereocenters. The average Bonchev–Trinajstić information content (AvgIpc) is 2.99. The summed E-state index contributed by atoms with van der Waals surface area (Å²) in [5, 5.41) is 8.69. The van der Waals surface area contributed by atoms with E-state index in [1.807, 2.05) is 60.8 Å². The molecule has 4 rings (SSSR count). The molecule has 4 aromatic rings. The normalized spacial score (nSPS) is 11.5. The van der Waals surface area contributed by atoms with Gasteiger partial charge in [-0.1, -0.05) is 29.8 Å². The number of imidazole rings is 1. The van der Waals surface area contributed by atoms with Crippen LogP contribution >= 0.6 is 0 Å². The molecule has 0 N–H and O–H groups in total. The summed E-state index contributed by atoms with van der Waals surface area (Å²) in [6, 6.07) is 18.1. The minimum absolute atomic E-state index is 0.297. The lowest BCUT2D eigenvalue weighted by atomic mass is 10.1. The molecular weight excluding hydrogens is 327 g/mol. The lowest BCUT2D eigenvalue weighted by Gasteiger charge is -2.01. The molecular formula is C21H17FN4. The van der Waals surface area contributed by atoms with Crippen LogP contribution in [-0.2, 0) is 0 Å². The Kier molecular flexibility index (Phi) is 4.05. The Morgan fingerprint density at radius 3 is 2.31 bits per heavy atom. The fraction of sp³-hybridized carbons (Fsp3) is 0.0952. The number of azo groups is 1. The van der Waals surface area contributed by atoms with Gasteiger partial charge in [-0.25, -0.2) is 9.37 Å². The molecule has 0 bridgehead atoms. The highest BCUT2D eigenvalue weighted by molar-refractivity contribution is 5.74. The standard InChI is InChI=1S/C21H17FN4/c1-14-3-5-16(6-4-14)20-21(25-24-18-9-7-17(22)8-10-18)26-12-11-15(2)13-19(26)23-20/h3-13H,1-2H3. The smallest absolute Gasteiger partial charge is 0.187 e. The molecule has 2 heterocycles. The number of hydrogen-bond acceptors (Lipinski definition) is 3. The molecule has 0 saturated heterocycles. The van der Waals surface area contributed by atoms with Crippen molar-refractivity contribution in [1.29, 1.82) is 0 Å². The van der Waals surface area contributed by atoms with Crippen molar-refractivity contribution in [1.82, 2.24) is 9.38 Å². The zero-order valence-electron chi connectivity index (χ0n) is 14.5. The summed E-state index contributed by atoms with van der Waals surface area (Å²) in [4.78, 5) is 4.75. The van der Waals surface area contributed by atoms with Crippen LogP contribution in [0.5, 0.6) is 0 Å². The molecule has 0 spiro atoms. The van der Waals surface area contributed by atoms with E-state index in [9.17, 15) is 4.39 Å². The minimum atomic E-state index is -0.297. The summed E-state index contributed by atoms with van der Waals surface area (Å²) >= 11 is 0. The van der Waals surface area contributed by atoms with Gasteiger partial charge >= 0.3 is 0 Å². The lowest BCUT2D eigenvalue weighted by molar-refractivity contribution is 0.628. The quantitative estimate of drug-likeness (QED) is 0.410. The molecule has 26 heavy (non-hydrogen) atoms. The Hall–Kier alpha value is -3.34. The molecule has 2 aromatic heterocycles. The second-order valence-corrected chi connectivity index (χ2v) is 6.26. The second kappa shape index (κ2) is 6.52. The molecule has 0 saturated carbocycles. The second-order valence-electron chi connectivity index (χ2n) is 6.26. The summed E-state index contributed by atoms with van der Waals surface area (Å²) < 4.78 is 15.0. The first-order chi connectivity index (χ1) is 12.6. The van der Waals surface area contributed by atoms with Gasteiger partial charge in [0.2, 0.25) is 0 Å². The van der Waals surface area contributed by atoms with Crippen molar-refractivity contribution in [2.45, 2.75) is 13.8 Å². The number of halogens is 1. The Labute approximate surface area is 150 Å². The Morgan fingerprint density at radius 1 is 0.846 bits per heavy atom. The van der Waals surface area contributed by atoms with Gasteiger partial charge in [0.25, 0.3) is 0 Å². The number of rotatable bonds is 3. The van der Waals surface area contributed by atoms with Gasteiger partial charge in [0.05, 0.1) is 5.69 Å². The third kappa shape index (κ3) is 3.11. The molecule has 0 radical (unpaired) electrons. The summed E-state index contributed by atoms with van der Waals surface area (Å²) in [6.45, 7) is 4.08. The highest BCUT2D eigenvalue weighted by Crippen LogP contribution is 2.32. The van der Waals surface area contributed by atoms with Gasteiger partial charge in [-0.15, -0.1) is 10.2 Å². The highest BCUT2D eigenvalue weighted by atomic mass is 19.1. The van der Waals surface area contributed by atoms with Gasteiger partial charge in [-0.3, -0.25) is 4.40 Å². The number of pyridine rings is 1. The van der Waals surface area contributed by atoms with Crippen molar-refractivity contribution in [3.63, 3.8) is 0 Å². The highest BCUT2D eigenvalue weighted by Gasteiger charge is 2.14. The van der Waals surface area contributed by atoms with E-state index in [0.717, 1.165) is 22.5 Å². The van der Waals surface area contributed by atoms with E-state index in [0.29, 0.717) is 11.5 Å². The van der Waals surface area contributed by atoms with E-state index in [2.05, 4.69) is 10.2 Å². The zero-order chi connectivity index (χ0) is 18.1. The van der Waals surface area contributed by atoms with Crippen LogP contribution in [0.1, 0.15) is 11.1 Å². The van der Waals surface area contributed by atoms with Gasteiger partial charge in [-0.05, 0) is 55.8 Å². The van der Waals surface area contributed by atoms with Crippen molar-refractivity contribution in [2.24, 2.45) is 10.2 Å². The van der Waals surface area contributed by atoms with E-state index in [-0.39, 0.29) is 5.82 Å². The minimum Gasteiger partial charge on any atom is -0.283 e. The third-order valence-electron chi connectivity index (χ3n) is 4.17. The van der Waals surface area contributed by atoms with Gasteiger partial charge in [0.15, 0.2) is 5.82 Å². The molecule has 2 aromatic carbocycles. The van der Waals surface area contributed by atoms with Crippen LogP contribution in [0.2, 0.25) is 0 Å². The summed E-state index contributed by atoms with van der Waals surface area (Å²) in [6.07, 6.45) is 1.94. The number of nitrogens with zero attached hydrogens (tertiary/aromatic N) is 4. The maximum atomic E-state index is 13.1. The Bertz CT molecular complexity index is 1090. The van der Waals surface area contributed by atoms with E-state index < -0.39 is 0 Å². The van der Waals surface area contributed by atoms with Crippen LogP contribution in [-0.4, -0.2) is 9.38 Å². The molecule has 0 amide bonds. The number of benzene rings is 2. The van der Waals surface area contributed by atoms with Crippen molar-refractivity contribution >= 4 is 17.2 Å². The average molecular weight is 344 g/mol. The van der Waals surface area contributed by atoms with Crippen LogP contribution in [0.3, 0.4) is 0 Å². The van der Waals surface area contributed by atoms with E-state index in [1.165, 1.54) is 17.7 Å². The summed E-state index contributed by atoms with van der Waals surface area (Å²) in [5.41, 5.74) is 5.45. The molecule has 5 heteroatoms. The fourth-order valence-corrected chi connectivity index (χ4v) is 2.75. The molecule has 0 aliphatic carbocycles. The topological polar surface area (TPSA) is 42.0 Å². The van der Waals surface area contributed by atoms with Crippen molar-refractivity contribution < 1.29 is 4.39 Å². The van der Waals surface area contributed by atoms with Gasteiger partial charge in [0, 0.05) is 11.8 Å².